The van der Waals surface area contributed by atoms with Gasteiger partial charge in [0, 0.05) is 34.8 Å². The summed E-state index contributed by atoms with van der Waals surface area (Å²) in [6.45, 7) is 0.847. The van der Waals surface area contributed by atoms with E-state index in [4.69, 9.17) is 0 Å². The Morgan fingerprint density at radius 3 is 2.58 bits per heavy atom. The maximum Gasteiger partial charge on any atom is 0.211 e. The minimum Gasteiger partial charge on any atom is -0.336 e. The van der Waals surface area contributed by atoms with Crippen molar-refractivity contribution in [3.05, 3.63) is 78.6 Å². The number of aryl methyl sites for hydroxylation is 1. The van der Waals surface area contributed by atoms with E-state index in [2.05, 4.69) is 14.9 Å². The van der Waals surface area contributed by atoms with Gasteiger partial charge in [-0.25, -0.2) is 9.37 Å². The van der Waals surface area contributed by atoms with Gasteiger partial charge < -0.3 is 9.88 Å². The maximum atomic E-state index is 13.1. The molecule has 1 unspecified atom stereocenters. The number of imidazole rings is 1. The highest BCUT2D eigenvalue weighted by molar-refractivity contribution is 8.00. The van der Waals surface area contributed by atoms with Gasteiger partial charge in [-0.05, 0) is 54.8 Å². The highest BCUT2D eigenvalue weighted by atomic mass is 32.2. The standard InChI is InChI=1S/C20H20FN3OS/c21-17-4-1-16(2-5-17)3-8-20(13-24-12-11-22-14-24)26-19-9-6-18(7-10-19)23-15-25/h1-2,4-7,9-12,14-15,20H,3,8,13H2,(H,23,25). The van der Waals surface area contributed by atoms with Crippen molar-refractivity contribution in [2.75, 3.05) is 5.32 Å². The third-order valence-corrected chi connectivity index (χ3v) is 5.29. The van der Waals surface area contributed by atoms with Crippen molar-refractivity contribution < 1.29 is 9.18 Å². The van der Waals surface area contributed by atoms with Gasteiger partial charge in [0.1, 0.15) is 5.82 Å². The Morgan fingerprint density at radius 1 is 1.15 bits per heavy atom. The average molecular weight is 369 g/mol. The summed E-state index contributed by atoms with van der Waals surface area (Å²) < 4.78 is 15.1. The molecule has 1 heterocycles. The van der Waals surface area contributed by atoms with Crippen molar-refractivity contribution in [3.8, 4) is 0 Å². The van der Waals surface area contributed by atoms with Crippen LogP contribution in [0.3, 0.4) is 0 Å². The number of hydrogen-bond donors (Lipinski definition) is 1. The molecule has 1 N–H and O–H groups in total. The van der Waals surface area contributed by atoms with Crippen LogP contribution in [-0.2, 0) is 17.8 Å². The molecule has 4 nitrogen and oxygen atoms in total. The van der Waals surface area contributed by atoms with Crippen molar-refractivity contribution in [1.82, 2.24) is 9.55 Å². The highest BCUT2D eigenvalue weighted by Gasteiger charge is 2.12. The van der Waals surface area contributed by atoms with Gasteiger partial charge in [0.25, 0.3) is 0 Å². The number of nitrogens with one attached hydrogen (secondary N) is 1. The van der Waals surface area contributed by atoms with Crippen molar-refractivity contribution in [1.29, 1.82) is 0 Å². The van der Waals surface area contributed by atoms with Gasteiger partial charge in [-0.3, -0.25) is 4.79 Å². The Balaban J connectivity index is 1.65. The van der Waals surface area contributed by atoms with Crippen LogP contribution in [0, 0.1) is 5.82 Å². The zero-order valence-corrected chi connectivity index (χ0v) is 15.0. The molecule has 6 heteroatoms. The minimum absolute atomic E-state index is 0.206. The maximum absolute atomic E-state index is 13.1. The number of rotatable bonds is 9. The van der Waals surface area contributed by atoms with Crippen molar-refractivity contribution in [2.45, 2.75) is 29.5 Å². The monoisotopic (exact) mass is 369 g/mol. The first-order valence-electron chi connectivity index (χ1n) is 8.40. The van der Waals surface area contributed by atoms with E-state index in [1.165, 1.54) is 12.1 Å². The fourth-order valence-corrected chi connectivity index (χ4v) is 3.85. The van der Waals surface area contributed by atoms with Crippen LogP contribution in [-0.4, -0.2) is 21.2 Å². The molecule has 26 heavy (non-hydrogen) atoms. The molecular formula is C20H20FN3OS. The van der Waals surface area contributed by atoms with Gasteiger partial charge in [-0.15, -0.1) is 11.8 Å². The normalized spacial score (nSPS) is 11.9. The minimum atomic E-state index is -0.206. The quantitative estimate of drug-likeness (QED) is 0.450. The van der Waals surface area contributed by atoms with Crippen LogP contribution >= 0.6 is 11.8 Å². The lowest BCUT2D eigenvalue weighted by molar-refractivity contribution is -0.105. The SMILES string of the molecule is O=CNc1ccc(SC(CCc2ccc(F)cc2)Cn2ccnc2)cc1. The molecule has 1 atom stereocenters. The van der Waals surface area contributed by atoms with Gasteiger partial charge in [0.2, 0.25) is 6.41 Å². The zero-order chi connectivity index (χ0) is 18.2. The second-order valence-electron chi connectivity index (χ2n) is 5.95. The average Bonchev–Trinajstić information content (AvgIpc) is 3.16. The van der Waals surface area contributed by atoms with Gasteiger partial charge >= 0.3 is 0 Å². The summed E-state index contributed by atoms with van der Waals surface area (Å²) in [5.74, 6) is -0.206. The second-order valence-corrected chi connectivity index (χ2v) is 7.32. The van der Waals surface area contributed by atoms with E-state index >= 15 is 0 Å². The predicted molar refractivity (Wildman–Crippen MR) is 103 cm³/mol. The summed E-state index contributed by atoms with van der Waals surface area (Å²) in [5.41, 5.74) is 1.91. The molecule has 134 valence electrons. The van der Waals surface area contributed by atoms with Gasteiger partial charge in [-0.1, -0.05) is 12.1 Å². The molecule has 0 spiro atoms. The first-order valence-corrected chi connectivity index (χ1v) is 9.28. The van der Waals surface area contributed by atoms with E-state index in [-0.39, 0.29) is 5.82 Å². The van der Waals surface area contributed by atoms with Gasteiger partial charge in [0.15, 0.2) is 0 Å². The fourth-order valence-electron chi connectivity index (χ4n) is 2.69. The Morgan fingerprint density at radius 2 is 1.92 bits per heavy atom. The third kappa shape index (κ3) is 5.46. The number of hydrogen-bond acceptors (Lipinski definition) is 3. The number of amides is 1. The van der Waals surface area contributed by atoms with E-state index in [0.29, 0.717) is 11.7 Å². The summed E-state index contributed by atoms with van der Waals surface area (Å²) in [4.78, 5) is 15.8. The fraction of sp³-hybridized carbons (Fsp3) is 0.200. The molecule has 0 aliphatic heterocycles. The first kappa shape index (κ1) is 18.2. The number of carbonyl (C=O) groups is 1. The Kier molecular flexibility index (Phi) is 6.44. The Hall–Kier alpha value is -2.60. The van der Waals surface area contributed by atoms with E-state index < -0.39 is 0 Å². The molecule has 0 saturated heterocycles. The largest absolute Gasteiger partial charge is 0.336 e. The smallest absolute Gasteiger partial charge is 0.211 e. The summed E-state index contributed by atoms with van der Waals surface area (Å²) in [5, 5.41) is 2.99. The van der Waals surface area contributed by atoms with Crippen LogP contribution in [0.5, 0.6) is 0 Å². The molecule has 0 fully saturated rings. The van der Waals surface area contributed by atoms with Crippen molar-refractivity contribution in [2.24, 2.45) is 0 Å². The van der Waals surface area contributed by atoms with E-state index in [9.17, 15) is 9.18 Å². The van der Waals surface area contributed by atoms with Crippen molar-refractivity contribution in [3.63, 3.8) is 0 Å². The molecule has 0 radical (unpaired) electrons. The topological polar surface area (TPSA) is 46.9 Å². The molecule has 0 aliphatic rings. The zero-order valence-electron chi connectivity index (χ0n) is 14.2. The summed E-state index contributed by atoms with van der Waals surface area (Å²) in [6, 6.07) is 14.5. The molecule has 1 amide bonds. The number of nitrogens with zero attached hydrogens (tertiary/aromatic N) is 2. The lowest BCUT2D eigenvalue weighted by Crippen LogP contribution is -2.13. The summed E-state index contributed by atoms with van der Waals surface area (Å²) in [7, 11) is 0. The first-order chi connectivity index (χ1) is 12.7. The lowest BCUT2D eigenvalue weighted by atomic mass is 10.1. The van der Waals surface area contributed by atoms with E-state index in [1.54, 1.807) is 18.0 Å². The van der Waals surface area contributed by atoms with Gasteiger partial charge in [-0.2, -0.15) is 0 Å². The number of carbonyl (C=O) groups excluding carboxylic acids is 1. The van der Waals surface area contributed by atoms with Crippen LogP contribution in [0.2, 0.25) is 0 Å². The molecule has 0 bridgehead atoms. The molecule has 0 aliphatic carbocycles. The van der Waals surface area contributed by atoms with E-state index in [1.807, 2.05) is 48.9 Å². The third-order valence-electron chi connectivity index (χ3n) is 4.02. The molecule has 0 saturated carbocycles. The van der Waals surface area contributed by atoms with Crippen LogP contribution in [0.1, 0.15) is 12.0 Å². The highest BCUT2D eigenvalue weighted by Crippen LogP contribution is 2.29. The van der Waals surface area contributed by atoms with Crippen LogP contribution in [0.25, 0.3) is 0 Å². The van der Waals surface area contributed by atoms with Gasteiger partial charge in [0.05, 0.1) is 6.33 Å². The number of thioether (sulfide) groups is 1. The number of anilines is 1. The second kappa shape index (κ2) is 9.20. The number of benzene rings is 2. The van der Waals surface area contributed by atoms with Crippen LogP contribution in [0.4, 0.5) is 10.1 Å². The molecule has 3 aromatic rings. The number of halogens is 1. The molecule has 3 rings (SSSR count). The molecular weight excluding hydrogens is 349 g/mol. The van der Waals surface area contributed by atoms with E-state index in [0.717, 1.165) is 35.5 Å². The van der Waals surface area contributed by atoms with Crippen LogP contribution < -0.4 is 5.32 Å². The van der Waals surface area contributed by atoms with Crippen LogP contribution in [0.15, 0.2) is 72.1 Å². The Bertz CT molecular complexity index is 804. The number of aromatic nitrogens is 2. The summed E-state index contributed by atoms with van der Waals surface area (Å²) >= 11 is 1.80. The molecule has 2 aromatic carbocycles. The Labute approximate surface area is 156 Å². The summed E-state index contributed by atoms with van der Waals surface area (Å²) in [6.07, 6.45) is 8.08. The predicted octanol–water partition coefficient (Wildman–Crippen LogP) is 4.38. The lowest BCUT2D eigenvalue weighted by Gasteiger charge is -2.17. The molecule has 1 aromatic heterocycles. The van der Waals surface area contributed by atoms with Crippen molar-refractivity contribution >= 4 is 23.9 Å².